The summed E-state index contributed by atoms with van der Waals surface area (Å²) in [6, 6.07) is 8.77. The van der Waals surface area contributed by atoms with Crippen molar-refractivity contribution in [3.8, 4) is 0 Å². The molecule has 26 heavy (non-hydrogen) atoms. The van der Waals surface area contributed by atoms with E-state index in [0.717, 1.165) is 70.9 Å². The lowest BCUT2D eigenvalue weighted by Gasteiger charge is -2.29. The lowest BCUT2D eigenvalue weighted by Crippen LogP contribution is -2.42. The number of benzene rings is 1. The van der Waals surface area contributed by atoms with E-state index < -0.39 is 0 Å². The highest BCUT2D eigenvalue weighted by Gasteiger charge is 2.15. The first-order valence-corrected chi connectivity index (χ1v) is 10.2. The van der Waals surface area contributed by atoms with Gasteiger partial charge in [-0.15, -0.1) is 0 Å². The van der Waals surface area contributed by atoms with Crippen molar-refractivity contribution in [2.45, 2.75) is 46.1 Å². The minimum Gasteiger partial charge on any atom is -0.396 e. The quantitative estimate of drug-likeness (QED) is 0.443. The van der Waals surface area contributed by atoms with Gasteiger partial charge in [0.1, 0.15) is 0 Å². The van der Waals surface area contributed by atoms with Crippen LogP contribution in [0.25, 0.3) is 0 Å². The molecule has 0 amide bonds. The van der Waals surface area contributed by atoms with E-state index in [2.05, 4.69) is 53.6 Å². The van der Waals surface area contributed by atoms with Crippen LogP contribution in [0.3, 0.4) is 0 Å². The first-order valence-electron chi connectivity index (χ1n) is 10.2. The fourth-order valence-electron chi connectivity index (χ4n) is 3.56. The maximum Gasteiger partial charge on any atom is 0.191 e. The Morgan fingerprint density at radius 2 is 2.00 bits per heavy atom. The van der Waals surface area contributed by atoms with Crippen molar-refractivity contribution in [1.29, 1.82) is 0 Å². The summed E-state index contributed by atoms with van der Waals surface area (Å²) in [6.07, 6.45) is 4.24. The van der Waals surface area contributed by atoms with Crippen LogP contribution < -0.4 is 10.6 Å². The van der Waals surface area contributed by atoms with Crippen molar-refractivity contribution in [3.63, 3.8) is 0 Å². The Balaban J connectivity index is 1.78. The summed E-state index contributed by atoms with van der Waals surface area (Å²) in [5, 5.41) is 16.0. The van der Waals surface area contributed by atoms with E-state index in [0.29, 0.717) is 5.92 Å². The number of rotatable bonds is 10. The van der Waals surface area contributed by atoms with Crippen LogP contribution in [0.4, 0.5) is 0 Å². The summed E-state index contributed by atoms with van der Waals surface area (Å²) in [5.74, 6) is 1.36. The minimum absolute atomic E-state index is 0.251. The van der Waals surface area contributed by atoms with Gasteiger partial charge in [0.05, 0.1) is 0 Å². The van der Waals surface area contributed by atoms with Gasteiger partial charge in [-0.2, -0.15) is 0 Å². The first kappa shape index (κ1) is 20.7. The zero-order valence-corrected chi connectivity index (χ0v) is 16.5. The molecule has 0 saturated heterocycles. The molecular formula is C21H36N4O. The molecule has 5 heteroatoms. The van der Waals surface area contributed by atoms with Gasteiger partial charge in [0.25, 0.3) is 0 Å². The summed E-state index contributed by atoms with van der Waals surface area (Å²) >= 11 is 0. The highest BCUT2D eigenvalue weighted by Crippen LogP contribution is 2.17. The van der Waals surface area contributed by atoms with Crippen LogP contribution in [0.15, 0.2) is 29.3 Å². The van der Waals surface area contributed by atoms with E-state index in [4.69, 9.17) is 4.99 Å². The third-order valence-corrected chi connectivity index (χ3v) is 5.02. The van der Waals surface area contributed by atoms with Crippen molar-refractivity contribution >= 4 is 5.96 Å². The van der Waals surface area contributed by atoms with E-state index >= 15 is 0 Å². The summed E-state index contributed by atoms with van der Waals surface area (Å²) in [6.45, 7) is 10.3. The number of guanidine groups is 1. The Morgan fingerprint density at radius 1 is 1.19 bits per heavy atom. The van der Waals surface area contributed by atoms with Crippen LogP contribution >= 0.6 is 0 Å². The van der Waals surface area contributed by atoms with Crippen molar-refractivity contribution in [2.24, 2.45) is 10.9 Å². The van der Waals surface area contributed by atoms with Gasteiger partial charge < -0.3 is 15.7 Å². The smallest absolute Gasteiger partial charge is 0.191 e. The number of hydrogen-bond acceptors (Lipinski definition) is 3. The molecule has 5 nitrogen and oxygen atoms in total. The van der Waals surface area contributed by atoms with Crippen molar-refractivity contribution < 1.29 is 5.11 Å². The van der Waals surface area contributed by atoms with Crippen molar-refractivity contribution in [3.05, 3.63) is 35.4 Å². The zero-order valence-electron chi connectivity index (χ0n) is 16.5. The van der Waals surface area contributed by atoms with E-state index in [1.807, 2.05) is 0 Å². The molecule has 3 N–H and O–H groups in total. The minimum atomic E-state index is 0.251. The molecule has 2 rings (SSSR count). The highest BCUT2D eigenvalue weighted by molar-refractivity contribution is 5.79. The zero-order chi connectivity index (χ0) is 18.6. The van der Waals surface area contributed by atoms with E-state index in [-0.39, 0.29) is 6.61 Å². The van der Waals surface area contributed by atoms with E-state index in [1.54, 1.807) is 0 Å². The van der Waals surface area contributed by atoms with Gasteiger partial charge in [-0.3, -0.25) is 9.89 Å². The standard InChI is InChI=1S/C21H36N4O/c1-3-7-18(11-15-26)16-24-21(22-4-2)23-12-14-25-13-10-19-8-5-6-9-20(19)17-25/h5-6,8-9,18,26H,3-4,7,10-17H2,1-2H3,(H2,22,23,24). The third-order valence-electron chi connectivity index (χ3n) is 5.02. The van der Waals surface area contributed by atoms with Gasteiger partial charge >= 0.3 is 0 Å². The fraction of sp³-hybridized carbons (Fsp3) is 0.667. The molecule has 1 aliphatic rings. The molecule has 0 fully saturated rings. The average molecular weight is 361 g/mol. The number of aliphatic imine (C=N–C) groups is 1. The number of aliphatic hydroxyl groups is 1. The van der Waals surface area contributed by atoms with Crippen molar-refractivity contribution in [1.82, 2.24) is 15.5 Å². The summed E-state index contributed by atoms with van der Waals surface area (Å²) in [7, 11) is 0. The molecule has 1 heterocycles. The van der Waals surface area contributed by atoms with Crippen LogP contribution in [-0.2, 0) is 13.0 Å². The molecule has 0 spiro atoms. The van der Waals surface area contributed by atoms with Gasteiger partial charge in [0.15, 0.2) is 5.96 Å². The predicted octanol–water partition coefficient (Wildman–Crippen LogP) is 2.40. The molecule has 1 aromatic rings. The normalized spacial score (nSPS) is 16.2. The van der Waals surface area contributed by atoms with Crippen LogP contribution in [-0.4, -0.2) is 55.3 Å². The van der Waals surface area contributed by atoms with E-state index in [9.17, 15) is 5.11 Å². The Kier molecular flexibility index (Phi) is 9.50. The second-order valence-electron chi connectivity index (χ2n) is 7.11. The SMILES string of the molecule is CCCC(CCO)CN=C(NCC)NCCN1CCc2ccccc2C1. The van der Waals surface area contributed by atoms with Crippen LogP contribution in [0.2, 0.25) is 0 Å². The lowest BCUT2D eigenvalue weighted by molar-refractivity contribution is 0.253. The summed E-state index contributed by atoms with van der Waals surface area (Å²) in [4.78, 5) is 7.24. The molecule has 0 saturated carbocycles. The van der Waals surface area contributed by atoms with E-state index in [1.165, 1.54) is 11.1 Å². The second-order valence-corrected chi connectivity index (χ2v) is 7.11. The van der Waals surface area contributed by atoms with Crippen LogP contribution in [0.1, 0.15) is 44.2 Å². The van der Waals surface area contributed by atoms with Crippen LogP contribution in [0.5, 0.6) is 0 Å². The number of fused-ring (bicyclic) bond motifs is 1. The maximum absolute atomic E-state index is 9.20. The molecule has 1 atom stereocenters. The maximum atomic E-state index is 9.20. The number of nitrogens with one attached hydrogen (secondary N) is 2. The van der Waals surface area contributed by atoms with Gasteiger partial charge in [0.2, 0.25) is 0 Å². The number of nitrogens with zero attached hydrogens (tertiary/aromatic N) is 2. The Hall–Kier alpha value is -1.59. The third kappa shape index (κ3) is 6.96. The van der Waals surface area contributed by atoms with Crippen molar-refractivity contribution in [2.75, 3.05) is 39.3 Å². The van der Waals surface area contributed by atoms with Gasteiger partial charge in [0, 0.05) is 45.9 Å². The molecule has 0 aliphatic carbocycles. The summed E-state index contributed by atoms with van der Waals surface area (Å²) in [5.41, 5.74) is 2.96. The Bertz CT molecular complexity index is 541. The lowest BCUT2D eigenvalue weighted by atomic mass is 10.00. The number of aliphatic hydroxyl groups excluding tert-OH is 1. The average Bonchev–Trinajstić information content (AvgIpc) is 2.66. The largest absolute Gasteiger partial charge is 0.396 e. The Labute approximate surface area is 158 Å². The molecule has 1 aromatic carbocycles. The highest BCUT2D eigenvalue weighted by atomic mass is 16.3. The van der Waals surface area contributed by atoms with Gasteiger partial charge in [-0.25, -0.2) is 0 Å². The van der Waals surface area contributed by atoms with Gasteiger partial charge in [-0.1, -0.05) is 37.6 Å². The molecule has 146 valence electrons. The molecule has 0 radical (unpaired) electrons. The number of hydrogen-bond donors (Lipinski definition) is 3. The molecule has 1 unspecified atom stereocenters. The molecule has 0 aromatic heterocycles. The molecular weight excluding hydrogens is 324 g/mol. The second kappa shape index (κ2) is 11.9. The molecule has 1 aliphatic heterocycles. The van der Waals surface area contributed by atoms with Crippen LogP contribution in [0, 0.1) is 5.92 Å². The topological polar surface area (TPSA) is 59.9 Å². The molecule has 0 bridgehead atoms. The fourth-order valence-corrected chi connectivity index (χ4v) is 3.56. The van der Waals surface area contributed by atoms with Gasteiger partial charge in [-0.05, 0) is 43.2 Å². The first-order chi connectivity index (χ1) is 12.8. The Morgan fingerprint density at radius 3 is 2.73 bits per heavy atom. The summed E-state index contributed by atoms with van der Waals surface area (Å²) < 4.78 is 0. The monoisotopic (exact) mass is 360 g/mol. The predicted molar refractivity (Wildman–Crippen MR) is 110 cm³/mol.